The van der Waals surface area contributed by atoms with Gasteiger partial charge in [0.15, 0.2) is 0 Å². The number of halogens is 2. The van der Waals surface area contributed by atoms with Gasteiger partial charge in [-0.2, -0.15) is 0 Å². The summed E-state index contributed by atoms with van der Waals surface area (Å²) < 4.78 is 18.4. The van der Waals surface area contributed by atoms with E-state index in [0.717, 1.165) is 6.42 Å². The van der Waals surface area contributed by atoms with Crippen LogP contribution in [0.5, 0.6) is 0 Å². The van der Waals surface area contributed by atoms with E-state index in [9.17, 15) is 14.0 Å². The summed E-state index contributed by atoms with van der Waals surface area (Å²) in [5.74, 6) is -0.909. The van der Waals surface area contributed by atoms with Crippen LogP contribution in [0, 0.1) is 5.82 Å². The number of benzene rings is 2. The second-order valence-electron chi connectivity index (χ2n) is 6.36. The Morgan fingerprint density at radius 3 is 2.79 bits per heavy atom. The van der Waals surface area contributed by atoms with Crippen molar-refractivity contribution < 1.29 is 18.5 Å². The highest BCUT2D eigenvalue weighted by molar-refractivity contribution is 6.34. The first-order valence-corrected chi connectivity index (χ1v) is 9.03. The Morgan fingerprint density at radius 1 is 1.21 bits per heavy atom. The number of nitrogens with one attached hydrogen (secondary N) is 1. The highest BCUT2D eigenvalue weighted by atomic mass is 35.5. The van der Waals surface area contributed by atoms with Gasteiger partial charge in [-0.15, -0.1) is 0 Å². The normalized spacial score (nSPS) is 13.8. The summed E-state index contributed by atoms with van der Waals surface area (Å²) in [7, 11) is 0. The lowest BCUT2D eigenvalue weighted by molar-refractivity contribution is -0.117. The van der Waals surface area contributed by atoms with Gasteiger partial charge in [0, 0.05) is 30.3 Å². The quantitative estimate of drug-likeness (QED) is 0.700. The monoisotopic (exact) mass is 399 g/mol. The average Bonchev–Trinajstić information content (AvgIpc) is 3.31. The van der Waals surface area contributed by atoms with Crippen LogP contribution < -0.4 is 10.2 Å². The van der Waals surface area contributed by atoms with Gasteiger partial charge in [0.2, 0.25) is 11.7 Å². The van der Waals surface area contributed by atoms with E-state index in [1.165, 1.54) is 18.2 Å². The van der Waals surface area contributed by atoms with E-state index in [2.05, 4.69) is 10.5 Å². The summed E-state index contributed by atoms with van der Waals surface area (Å²) in [5, 5.41) is 6.85. The minimum atomic E-state index is -0.517. The summed E-state index contributed by atoms with van der Waals surface area (Å²) in [6.45, 7) is 0.630. The number of rotatable bonds is 4. The lowest BCUT2D eigenvalue weighted by Gasteiger charge is -2.17. The second-order valence-corrected chi connectivity index (χ2v) is 6.76. The summed E-state index contributed by atoms with van der Waals surface area (Å²) in [6.07, 6.45) is 1.31. The predicted octanol–water partition coefficient (Wildman–Crippen LogP) is 4.51. The van der Waals surface area contributed by atoms with Crippen LogP contribution in [0.2, 0.25) is 5.02 Å². The first kappa shape index (κ1) is 18.2. The van der Waals surface area contributed by atoms with Gasteiger partial charge in [0.1, 0.15) is 11.5 Å². The Kier molecular flexibility index (Phi) is 4.83. The Morgan fingerprint density at radius 2 is 2.07 bits per heavy atom. The van der Waals surface area contributed by atoms with Gasteiger partial charge in [-0.3, -0.25) is 9.59 Å². The van der Waals surface area contributed by atoms with Crippen LogP contribution in [0.15, 0.2) is 53.1 Å². The molecule has 0 spiro atoms. The SMILES string of the molecule is O=C(Nc1ccc(N2CCCC2=O)c(Cl)c1)c1cc(-c2cccc(F)c2)no1. The van der Waals surface area contributed by atoms with Crippen molar-refractivity contribution in [2.24, 2.45) is 0 Å². The smallest absolute Gasteiger partial charge is 0.294 e. The third-order valence-corrected chi connectivity index (χ3v) is 4.73. The fraction of sp³-hybridized carbons (Fsp3) is 0.150. The first-order valence-electron chi connectivity index (χ1n) is 8.65. The number of carbonyl (C=O) groups excluding carboxylic acids is 2. The molecule has 3 aromatic rings. The molecule has 1 aromatic heterocycles. The molecule has 1 aliphatic rings. The van der Waals surface area contributed by atoms with E-state index in [0.29, 0.717) is 40.6 Å². The van der Waals surface area contributed by atoms with Gasteiger partial charge in [-0.1, -0.05) is 28.9 Å². The Balaban J connectivity index is 1.50. The predicted molar refractivity (Wildman–Crippen MR) is 103 cm³/mol. The molecule has 4 rings (SSSR count). The van der Waals surface area contributed by atoms with Gasteiger partial charge >= 0.3 is 0 Å². The second kappa shape index (κ2) is 7.44. The van der Waals surface area contributed by atoms with Gasteiger partial charge in [0.05, 0.1) is 10.7 Å². The molecule has 28 heavy (non-hydrogen) atoms. The molecular weight excluding hydrogens is 385 g/mol. The molecule has 142 valence electrons. The zero-order valence-corrected chi connectivity index (χ0v) is 15.4. The van der Waals surface area contributed by atoms with E-state index in [4.69, 9.17) is 16.1 Å². The van der Waals surface area contributed by atoms with E-state index < -0.39 is 11.7 Å². The summed E-state index contributed by atoms with van der Waals surface area (Å²) in [5.41, 5.74) is 1.93. The Hall–Kier alpha value is -3.19. The highest BCUT2D eigenvalue weighted by Gasteiger charge is 2.24. The fourth-order valence-electron chi connectivity index (χ4n) is 3.07. The molecule has 8 heteroatoms. The van der Waals surface area contributed by atoms with Gasteiger partial charge in [-0.05, 0) is 36.8 Å². The van der Waals surface area contributed by atoms with Crippen LogP contribution in [0.3, 0.4) is 0 Å². The molecule has 0 bridgehead atoms. The van der Waals surface area contributed by atoms with Crippen LogP contribution in [0.4, 0.5) is 15.8 Å². The van der Waals surface area contributed by atoms with Crippen molar-refractivity contribution in [2.45, 2.75) is 12.8 Å². The highest BCUT2D eigenvalue weighted by Crippen LogP contribution is 2.32. The molecule has 6 nitrogen and oxygen atoms in total. The number of hydrogen-bond acceptors (Lipinski definition) is 4. The third-order valence-electron chi connectivity index (χ3n) is 4.42. The van der Waals surface area contributed by atoms with Crippen LogP contribution in [0.25, 0.3) is 11.3 Å². The first-order chi connectivity index (χ1) is 13.5. The van der Waals surface area contributed by atoms with Crippen molar-refractivity contribution in [3.05, 3.63) is 65.1 Å². The Bertz CT molecular complexity index is 1070. The van der Waals surface area contributed by atoms with Gasteiger partial charge in [-0.25, -0.2) is 4.39 Å². The molecular formula is C20H15ClFN3O3. The molecule has 1 saturated heterocycles. The molecule has 0 saturated carbocycles. The lowest BCUT2D eigenvalue weighted by atomic mass is 10.1. The lowest BCUT2D eigenvalue weighted by Crippen LogP contribution is -2.24. The third kappa shape index (κ3) is 3.61. The molecule has 0 atom stereocenters. The van der Waals surface area contributed by atoms with Crippen molar-refractivity contribution in [1.29, 1.82) is 0 Å². The molecule has 0 radical (unpaired) electrons. The van der Waals surface area contributed by atoms with Crippen LogP contribution in [-0.4, -0.2) is 23.5 Å². The van der Waals surface area contributed by atoms with Gasteiger partial charge in [0.25, 0.3) is 5.91 Å². The van der Waals surface area contributed by atoms with Crippen molar-refractivity contribution in [3.63, 3.8) is 0 Å². The van der Waals surface area contributed by atoms with Crippen LogP contribution in [-0.2, 0) is 4.79 Å². The molecule has 2 amide bonds. The van der Waals surface area contributed by atoms with E-state index in [-0.39, 0.29) is 11.7 Å². The van der Waals surface area contributed by atoms with Gasteiger partial charge < -0.3 is 14.7 Å². The summed E-state index contributed by atoms with van der Waals surface area (Å²) in [4.78, 5) is 25.9. The molecule has 1 aliphatic heterocycles. The minimum absolute atomic E-state index is 0.0193. The maximum Gasteiger partial charge on any atom is 0.294 e. The summed E-state index contributed by atoms with van der Waals surface area (Å²) in [6, 6.07) is 12.2. The summed E-state index contributed by atoms with van der Waals surface area (Å²) >= 11 is 6.29. The van der Waals surface area contributed by atoms with E-state index in [1.54, 1.807) is 35.2 Å². The molecule has 0 aliphatic carbocycles. The molecule has 1 fully saturated rings. The maximum absolute atomic E-state index is 13.3. The molecule has 2 heterocycles. The number of nitrogens with zero attached hydrogens (tertiary/aromatic N) is 2. The zero-order chi connectivity index (χ0) is 19.7. The van der Waals surface area contributed by atoms with Crippen molar-refractivity contribution in [2.75, 3.05) is 16.8 Å². The molecule has 1 N–H and O–H groups in total. The number of amides is 2. The molecule has 2 aromatic carbocycles. The minimum Gasteiger partial charge on any atom is -0.350 e. The average molecular weight is 400 g/mol. The number of aromatic nitrogens is 1. The number of hydrogen-bond donors (Lipinski definition) is 1. The number of carbonyl (C=O) groups is 2. The largest absolute Gasteiger partial charge is 0.350 e. The van der Waals surface area contributed by atoms with Crippen molar-refractivity contribution in [1.82, 2.24) is 5.16 Å². The Labute approximate surface area is 164 Å². The fourth-order valence-corrected chi connectivity index (χ4v) is 3.35. The van der Waals surface area contributed by atoms with Crippen molar-refractivity contribution in [3.8, 4) is 11.3 Å². The van der Waals surface area contributed by atoms with E-state index in [1.807, 2.05) is 0 Å². The zero-order valence-electron chi connectivity index (χ0n) is 14.6. The molecule has 0 unspecified atom stereocenters. The maximum atomic E-state index is 13.3. The van der Waals surface area contributed by atoms with Crippen molar-refractivity contribution >= 4 is 34.8 Å². The van der Waals surface area contributed by atoms with E-state index >= 15 is 0 Å². The standard InChI is InChI=1S/C20H15ClFN3O3/c21-15-10-14(6-7-17(15)25-8-2-5-19(25)26)23-20(27)18-11-16(24-28-18)12-3-1-4-13(22)9-12/h1,3-4,6-7,9-11H,2,5,8H2,(H,23,27). The van der Waals surface area contributed by atoms with Crippen LogP contribution in [0.1, 0.15) is 23.4 Å². The van der Waals surface area contributed by atoms with Crippen LogP contribution >= 0.6 is 11.6 Å². The topological polar surface area (TPSA) is 75.4 Å². The number of anilines is 2.